The van der Waals surface area contributed by atoms with E-state index >= 15 is 0 Å². The summed E-state index contributed by atoms with van der Waals surface area (Å²) in [7, 11) is 0. The molecule has 3 aromatic rings. The highest BCUT2D eigenvalue weighted by atomic mass is 32.2. The number of aromatic nitrogens is 2. The molecule has 0 fully saturated rings. The number of amides is 1. The second-order valence-corrected chi connectivity index (χ2v) is 7.02. The summed E-state index contributed by atoms with van der Waals surface area (Å²) in [5.74, 6) is 0.0635. The van der Waals surface area contributed by atoms with E-state index in [9.17, 15) is 14.0 Å². The number of Topliss-reactive ketones (excluding diaryl/α,β-unsaturated/α-hetero) is 1. The Hall–Kier alpha value is -3.20. The zero-order valence-corrected chi connectivity index (χ0v) is 16.5. The topological polar surface area (TPSA) is 94.3 Å². The summed E-state index contributed by atoms with van der Waals surface area (Å²) >= 11 is 1.08. The van der Waals surface area contributed by atoms with Crippen molar-refractivity contribution in [2.45, 2.75) is 25.2 Å². The highest BCUT2D eigenvalue weighted by Gasteiger charge is 2.17. The minimum atomic E-state index is -0.537. The van der Waals surface area contributed by atoms with Crippen LogP contribution in [0.2, 0.25) is 0 Å². The third-order valence-corrected chi connectivity index (χ3v) is 4.59. The van der Waals surface area contributed by atoms with E-state index in [-0.39, 0.29) is 34.4 Å². The first kappa shape index (κ1) is 20.5. The maximum atomic E-state index is 12.9. The van der Waals surface area contributed by atoms with Crippen molar-refractivity contribution in [3.05, 3.63) is 65.8 Å². The first-order valence-corrected chi connectivity index (χ1v) is 9.68. The molecule has 1 heterocycles. The van der Waals surface area contributed by atoms with Gasteiger partial charge in [-0.15, -0.1) is 10.2 Å². The quantitative estimate of drug-likeness (QED) is 0.433. The Balaban J connectivity index is 1.52. The molecule has 7 nitrogen and oxygen atoms in total. The lowest BCUT2D eigenvalue weighted by molar-refractivity contribution is -0.113. The summed E-state index contributed by atoms with van der Waals surface area (Å²) in [6.07, 6.45) is -0.537. The Labute approximate surface area is 170 Å². The molecule has 0 saturated carbocycles. The molecule has 3 rings (SSSR count). The van der Waals surface area contributed by atoms with Crippen molar-refractivity contribution in [3.8, 4) is 5.75 Å². The summed E-state index contributed by atoms with van der Waals surface area (Å²) in [5, 5.41) is 10.7. The van der Waals surface area contributed by atoms with Gasteiger partial charge < -0.3 is 14.5 Å². The number of halogens is 1. The molecule has 0 spiro atoms. The number of nitrogens with zero attached hydrogens (tertiary/aromatic N) is 2. The number of ether oxygens (including phenoxy) is 1. The number of rotatable bonds is 8. The number of carbonyl (C=O) groups excluding carboxylic acids is 2. The van der Waals surface area contributed by atoms with Crippen LogP contribution in [0, 0.1) is 5.82 Å². The van der Waals surface area contributed by atoms with Crippen LogP contribution in [0.4, 0.5) is 10.1 Å². The summed E-state index contributed by atoms with van der Waals surface area (Å²) < 4.78 is 24.1. The number of nitrogens with one attached hydrogen (secondary N) is 1. The van der Waals surface area contributed by atoms with Crippen LogP contribution in [-0.2, 0) is 4.79 Å². The van der Waals surface area contributed by atoms with Crippen molar-refractivity contribution < 1.29 is 23.1 Å². The predicted molar refractivity (Wildman–Crippen MR) is 106 cm³/mol. The number of hydrogen-bond acceptors (Lipinski definition) is 7. The molecular formula is C20H18FN3O4S. The van der Waals surface area contributed by atoms with Crippen LogP contribution in [0.3, 0.4) is 0 Å². The summed E-state index contributed by atoms with van der Waals surface area (Å²) in [4.78, 5) is 23.5. The molecule has 150 valence electrons. The van der Waals surface area contributed by atoms with Crippen LogP contribution in [0.5, 0.6) is 5.75 Å². The van der Waals surface area contributed by atoms with Gasteiger partial charge in [-0.05, 0) is 50.2 Å². The molecule has 0 bridgehead atoms. The van der Waals surface area contributed by atoms with Crippen LogP contribution >= 0.6 is 11.8 Å². The molecule has 1 atom stereocenters. The van der Waals surface area contributed by atoms with Crippen LogP contribution in [0.15, 0.2) is 58.2 Å². The molecule has 2 aromatic carbocycles. The van der Waals surface area contributed by atoms with E-state index in [0.29, 0.717) is 17.0 Å². The van der Waals surface area contributed by atoms with Gasteiger partial charge >= 0.3 is 0 Å². The Bertz CT molecular complexity index is 1010. The lowest BCUT2D eigenvalue weighted by atomic mass is 10.1. The zero-order chi connectivity index (χ0) is 20.8. The van der Waals surface area contributed by atoms with Gasteiger partial charge in [0.1, 0.15) is 11.6 Å². The molecule has 9 heteroatoms. The summed E-state index contributed by atoms with van der Waals surface area (Å²) in [6.45, 7) is 3.19. The molecule has 0 saturated heterocycles. The fourth-order valence-corrected chi connectivity index (χ4v) is 2.92. The van der Waals surface area contributed by atoms with Crippen LogP contribution in [0.1, 0.15) is 36.2 Å². The van der Waals surface area contributed by atoms with E-state index in [2.05, 4.69) is 15.5 Å². The number of carbonyl (C=O) groups is 2. The summed E-state index contributed by atoms with van der Waals surface area (Å²) in [5.41, 5.74) is 1.06. The van der Waals surface area contributed by atoms with Crippen molar-refractivity contribution in [1.82, 2.24) is 10.2 Å². The Morgan fingerprint density at radius 2 is 1.97 bits per heavy atom. The maximum Gasteiger partial charge on any atom is 0.277 e. The molecule has 1 amide bonds. The number of thioether (sulfide) groups is 1. The molecule has 0 aliphatic carbocycles. The third kappa shape index (κ3) is 5.89. The van der Waals surface area contributed by atoms with Gasteiger partial charge in [0, 0.05) is 11.3 Å². The number of anilines is 1. The van der Waals surface area contributed by atoms with Crippen molar-refractivity contribution in [1.29, 1.82) is 0 Å². The first-order valence-electron chi connectivity index (χ1n) is 8.70. The lowest BCUT2D eigenvalue weighted by Crippen LogP contribution is -2.14. The highest BCUT2D eigenvalue weighted by molar-refractivity contribution is 7.99. The van der Waals surface area contributed by atoms with Gasteiger partial charge in [-0.1, -0.05) is 23.9 Å². The van der Waals surface area contributed by atoms with Gasteiger partial charge in [-0.2, -0.15) is 0 Å². The standard InChI is InChI=1S/C20H18FN3O4S/c1-12(25)14-4-3-5-16(10-14)22-18(26)11-29-20-24-23-19(28-20)13(2)27-17-8-6-15(21)7-9-17/h3-10,13H,11H2,1-2H3,(H,22,26)/t13-/m1/s1. The number of ketones is 1. The lowest BCUT2D eigenvalue weighted by Gasteiger charge is -2.10. The van der Waals surface area contributed by atoms with Gasteiger partial charge in [0.15, 0.2) is 11.9 Å². The van der Waals surface area contributed by atoms with Crippen LogP contribution in [0.25, 0.3) is 0 Å². The van der Waals surface area contributed by atoms with E-state index in [1.807, 2.05) is 0 Å². The molecule has 0 aliphatic rings. The Kier molecular flexibility index (Phi) is 6.61. The van der Waals surface area contributed by atoms with E-state index in [0.717, 1.165) is 11.8 Å². The molecule has 0 aliphatic heterocycles. The second kappa shape index (κ2) is 9.33. The largest absolute Gasteiger partial charge is 0.481 e. The van der Waals surface area contributed by atoms with Crippen LogP contribution in [-0.4, -0.2) is 27.6 Å². The maximum absolute atomic E-state index is 12.9. The fraction of sp³-hybridized carbons (Fsp3) is 0.200. The predicted octanol–water partition coefficient (Wildman–Crippen LogP) is 4.28. The van der Waals surface area contributed by atoms with Gasteiger partial charge in [-0.25, -0.2) is 4.39 Å². The van der Waals surface area contributed by atoms with Gasteiger partial charge in [0.2, 0.25) is 5.91 Å². The van der Waals surface area contributed by atoms with Gasteiger partial charge in [-0.3, -0.25) is 9.59 Å². The first-order chi connectivity index (χ1) is 13.9. The average molecular weight is 415 g/mol. The van der Waals surface area contributed by atoms with Gasteiger partial charge in [0.05, 0.1) is 5.75 Å². The minimum Gasteiger partial charge on any atom is -0.481 e. The number of benzene rings is 2. The number of hydrogen-bond donors (Lipinski definition) is 1. The molecule has 1 aromatic heterocycles. The average Bonchev–Trinajstić information content (AvgIpc) is 3.18. The summed E-state index contributed by atoms with van der Waals surface area (Å²) in [6, 6.07) is 12.3. The van der Waals surface area contributed by atoms with E-state index in [1.54, 1.807) is 31.2 Å². The minimum absolute atomic E-state index is 0.0547. The van der Waals surface area contributed by atoms with E-state index < -0.39 is 6.10 Å². The van der Waals surface area contributed by atoms with Crippen LogP contribution < -0.4 is 10.1 Å². The Morgan fingerprint density at radius 1 is 1.21 bits per heavy atom. The highest BCUT2D eigenvalue weighted by Crippen LogP contribution is 2.24. The molecule has 0 radical (unpaired) electrons. The van der Waals surface area contributed by atoms with Crippen molar-refractivity contribution in [2.24, 2.45) is 0 Å². The van der Waals surface area contributed by atoms with Crippen molar-refractivity contribution >= 4 is 29.1 Å². The SMILES string of the molecule is CC(=O)c1cccc(NC(=O)CSc2nnc([C@@H](C)Oc3ccc(F)cc3)o2)c1. The third-order valence-electron chi connectivity index (χ3n) is 3.78. The van der Waals surface area contributed by atoms with E-state index in [4.69, 9.17) is 9.15 Å². The normalized spacial score (nSPS) is 11.7. The van der Waals surface area contributed by atoms with Gasteiger partial charge in [0.25, 0.3) is 11.1 Å². The van der Waals surface area contributed by atoms with Crippen molar-refractivity contribution in [3.63, 3.8) is 0 Å². The molecule has 1 N–H and O–H groups in total. The zero-order valence-electron chi connectivity index (χ0n) is 15.7. The molecular weight excluding hydrogens is 397 g/mol. The van der Waals surface area contributed by atoms with E-state index in [1.165, 1.54) is 31.2 Å². The monoisotopic (exact) mass is 415 g/mol. The smallest absolute Gasteiger partial charge is 0.277 e. The Morgan fingerprint density at radius 3 is 2.69 bits per heavy atom. The molecule has 0 unspecified atom stereocenters. The molecule has 29 heavy (non-hydrogen) atoms. The fourth-order valence-electron chi connectivity index (χ4n) is 2.35. The van der Waals surface area contributed by atoms with Crippen molar-refractivity contribution in [2.75, 3.05) is 11.1 Å². The second-order valence-electron chi connectivity index (χ2n) is 6.09.